The van der Waals surface area contributed by atoms with Gasteiger partial charge in [0, 0.05) is 13.0 Å². The third kappa shape index (κ3) is 4.52. The van der Waals surface area contributed by atoms with Crippen molar-refractivity contribution in [3.63, 3.8) is 0 Å². The fourth-order valence-electron chi connectivity index (χ4n) is 3.86. The van der Waals surface area contributed by atoms with Crippen molar-refractivity contribution < 1.29 is 19.1 Å². The molecule has 156 valence electrons. The minimum Gasteiger partial charge on any atom is -0.370 e. The summed E-state index contributed by atoms with van der Waals surface area (Å²) in [6.07, 6.45) is 0.359. The molecule has 2 atom stereocenters. The first kappa shape index (κ1) is 20.1. The highest BCUT2D eigenvalue weighted by Crippen LogP contribution is 2.23. The Labute approximate surface area is 175 Å². The number of hydrogen-bond acceptors (Lipinski definition) is 4. The number of carbonyl (C=O) groups is 3. The first-order chi connectivity index (χ1) is 14.6. The summed E-state index contributed by atoms with van der Waals surface area (Å²) in [5.41, 5.74) is 1.93. The lowest BCUT2D eigenvalue weighted by Gasteiger charge is -2.33. The summed E-state index contributed by atoms with van der Waals surface area (Å²) in [4.78, 5) is 40.6. The maximum absolute atomic E-state index is 12.7. The van der Waals surface area contributed by atoms with Crippen LogP contribution in [0.4, 0.5) is 4.79 Å². The number of urea groups is 1. The van der Waals surface area contributed by atoms with Gasteiger partial charge in [0.05, 0.1) is 19.7 Å². The van der Waals surface area contributed by atoms with Crippen LogP contribution in [0, 0.1) is 0 Å². The second-order valence-electron chi connectivity index (χ2n) is 7.56. The van der Waals surface area contributed by atoms with Gasteiger partial charge in [-0.25, -0.2) is 4.79 Å². The Hall–Kier alpha value is -3.19. The first-order valence-electron chi connectivity index (χ1n) is 10.2. The number of amides is 4. The monoisotopic (exact) mass is 407 g/mol. The molecule has 2 aliphatic rings. The van der Waals surface area contributed by atoms with E-state index >= 15 is 0 Å². The van der Waals surface area contributed by atoms with Gasteiger partial charge in [0.2, 0.25) is 5.91 Å². The molecular formula is C23H25N3O4. The van der Waals surface area contributed by atoms with E-state index in [1.165, 1.54) is 4.90 Å². The fraction of sp³-hybridized carbons (Fsp3) is 0.348. The molecule has 0 aliphatic carbocycles. The van der Waals surface area contributed by atoms with Gasteiger partial charge in [-0.3, -0.25) is 14.5 Å². The van der Waals surface area contributed by atoms with Gasteiger partial charge in [0.15, 0.2) is 0 Å². The van der Waals surface area contributed by atoms with Crippen molar-refractivity contribution >= 4 is 17.8 Å². The molecule has 0 saturated carbocycles. The Balaban J connectivity index is 1.30. The Bertz CT molecular complexity index is 903. The predicted octanol–water partition coefficient (Wildman–Crippen LogP) is 2.49. The lowest BCUT2D eigenvalue weighted by molar-refractivity contribution is -0.139. The quantitative estimate of drug-likeness (QED) is 0.747. The highest BCUT2D eigenvalue weighted by atomic mass is 16.5. The van der Waals surface area contributed by atoms with Gasteiger partial charge in [0.25, 0.3) is 5.91 Å². The molecule has 7 nitrogen and oxygen atoms in total. The van der Waals surface area contributed by atoms with Crippen molar-refractivity contribution in [2.45, 2.75) is 31.5 Å². The molecule has 2 fully saturated rings. The van der Waals surface area contributed by atoms with E-state index in [1.807, 2.05) is 60.7 Å². The molecule has 7 heteroatoms. The van der Waals surface area contributed by atoms with Crippen molar-refractivity contribution in [3.05, 3.63) is 71.8 Å². The number of imide groups is 1. The topological polar surface area (TPSA) is 79.0 Å². The zero-order chi connectivity index (χ0) is 20.9. The lowest BCUT2D eigenvalue weighted by atomic mass is 10.1. The molecule has 2 aromatic rings. The zero-order valence-electron chi connectivity index (χ0n) is 16.7. The first-order valence-corrected chi connectivity index (χ1v) is 10.2. The van der Waals surface area contributed by atoms with E-state index in [-0.39, 0.29) is 30.9 Å². The summed E-state index contributed by atoms with van der Waals surface area (Å²) in [7, 11) is 0. The summed E-state index contributed by atoms with van der Waals surface area (Å²) in [5, 5.41) is 2.71. The van der Waals surface area contributed by atoms with E-state index in [1.54, 1.807) is 4.90 Å². The van der Waals surface area contributed by atoms with Crippen LogP contribution in [0.3, 0.4) is 0 Å². The number of rotatable bonds is 6. The zero-order valence-corrected chi connectivity index (χ0v) is 16.7. The minimum absolute atomic E-state index is 0.0252. The number of hydrogen-bond donors (Lipinski definition) is 1. The maximum atomic E-state index is 12.7. The Kier molecular flexibility index (Phi) is 6.09. The summed E-state index contributed by atoms with van der Waals surface area (Å²) in [5.74, 6) is -0.302. The standard InChI is InChI=1S/C23H25N3O4/c27-21(25-13-14-30-20(16-25)18-9-5-2-6-10-18)12-11-19-22(28)26(23(29)24-19)15-17-7-3-1-4-8-17/h1-10,19-20H,11-16H2,(H,24,29)/t19-,20-/m0/s1. The van der Waals surface area contributed by atoms with Crippen LogP contribution < -0.4 is 5.32 Å². The van der Waals surface area contributed by atoms with Crippen LogP contribution in [-0.4, -0.2) is 53.4 Å². The molecule has 2 aromatic carbocycles. The van der Waals surface area contributed by atoms with Crippen molar-refractivity contribution in [2.24, 2.45) is 0 Å². The molecule has 2 saturated heterocycles. The molecule has 2 aliphatic heterocycles. The Morgan fingerprint density at radius 1 is 1.03 bits per heavy atom. The van der Waals surface area contributed by atoms with Gasteiger partial charge < -0.3 is 15.0 Å². The second kappa shape index (κ2) is 9.09. The molecule has 0 radical (unpaired) electrons. The lowest BCUT2D eigenvalue weighted by Crippen LogP contribution is -2.43. The van der Waals surface area contributed by atoms with Crippen LogP contribution in [-0.2, 0) is 20.9 Å². The van der Waals surface area contributed by atoms with E-state index in [0.29, 0.717) is 26.1 Å². The average molecular weight is 407 g/mol. The van der Waals surface area contributed by atoms with Crippen LogP contribution in [0.15, 0.2) is 60.7 Å². The Morgan fingerprint density at radius 3 is 2.47 bits per heavy atom. The molecule has 2 heterocycles. The maximum Gasteiger partial charge on any atom is 0.325 e. The molecular weight excluding hydrogens is 382 g/mol. The molecule has 4 amide bonds. The average Bonchev–Trinajstić information content (AvgIpc) is 3.06. The van der Waals surface area contributed by atoms with E-state index in [2.05, 4.69) is 5.32 Å². The van der Waals surface area contributed by atoms with Gasteiger partial charge >= 0.3 is 6.03 Å². The summed E-state index contributed by atoms with van der Waals surface area (Å²) in [6, 6.07) is 18.2. The van der Waals surface area contributed by atoms with Gasteiger partial charge in [-0.1, -0.05) is 60.7 Å². The highest BCUT2D eigenvalue weighted by molar-refractivity contribution is 6.04. The molecule has 1 N–H and O–H groups in total. The SMILES string of the molecule is O=C(CC[C@@H]1NC(=O)N(Cc2ccccc2)C1=O)N1CCO[C@H](c2ccccc2)C1. The summed E-state index contributed by atoms with van der Waals surface area (Å²) in [6.45, 7) is 1.74. The third-order valence-electron chi connectivity index (χ3n) is 5.53. The predicted molar refractivity (Wildman–Crippen MR) is 110 cm³/mol. The fourth-order valence-corrected chi connectivity index (χ4v) is 3.86. The minimum atomic E-state index is -0.656. The van der Waals surface area contributed by atoms with Crippen LogP contribution >= 0.6 is 0 Å². The third-order valence-corrected chi connectivity index (χ3v) is 5.53. The van der Waals surface area contributed by atoms with Crippen molar-refractivity contribution in [3.8, 4) is 0 Å². The largest absolute Gasteiger partial charge is 0.370 e. The van der Waals surface area contributed by atoms with Crippen molar-refractivity contribution in [2.75, 3.05) is 19.7 Å². The number of carbonyl (C=O) groups excluding carboxylic acids is 3. The van der Waals surface area contributed by atoms with Crippen molar-refractivity contribution in [1.82, 2.24) is 15.1 Å². The highest BCUT2D eigenvalue weighted by Gasteiger charge is 2.38. The number of ether oxygens (including phenoxy) is 1. The van der Waals surface area contributed by atoms with Gasteiger partial charge in [-0.15, -0.1) is 0 Å². The molecule has 4 rings (SSSR count). The van der Waals surface area contributed by atoms with E-state index < -0.39 is 12.1 Å². The van der Waals surface area contributed by atoms with Crippen LogP contribution in [0.2, 0.25) is 0 Å². The molecule has 0 unspecified atom stereocenters. The normalized spacial score (nSPS) is 21.6. The molecule has 0 spiro atoms. The summed E-state index contributed by atoms with van der Waals surface area (Å²) < 4.78 is 5.81. The second-order valence-corrected chi connectivity index (χ2v) is 7.56. The smallest absolute Gasteiger partial charge is 0.325 e. The molecule has 30 heavy (non-hydrogen) atoms. The number of nitrogens with one attached hydrogen (secondary N) is 1. The van der Waals surface area contributed by atoms with Crippen LogP contribution in [0.25, 0.3) is 0 Å². The van der Waals surface area contributed by atoms with E-state index in [0.717, 1.165) is 11.1 Å². The van der Waals surface area contributed by atoms with E-state index in [9.17, 15) is 14.4 Å². The van der Waals surface area contributed by atoms with Gasteiger partial charge in [-0.05, 0) is 17.5 Å². The van der Waals surface area contributed by atoms with Gasteiger partial charge in [0.1, 0.15) is 12.1 Å². The summed E-state index contributed by atoms with van der Waals surface area (Å²) >= 11 is 0. The molecule has 0 aromatic heterocycles. The number of morpholine rings is 1. The van der Waals surface area contributed by atoms with E-state index in [4.69, 9.17) is 4.74 Å². The number of nitrogens with zero attached hydrogens (tertiary/aromatic N) is 2. The molecule has 0 bridgehead atoms. The van der Waals surface area contributed by atoms with Gasteiger partial charge in [-0.2, -0.15) is 0 Å². The van der Waals surface area contributed by atoms with Crippen LogP contribution in [0.5, 0.6) is 0 Å². The Morgan fingerprint density at radius 2 is 1.73 bits per heavy atom. The number of benzene rings is 2. The van der Waals surface area contributed by atoms with Crippen molar-refractivity contribution in [1.29, 1.82) is 0 Å². The van der Waals surface area contributed by atoms with Crippen LogP contribution in [0.1, 0.15) is 30.1 Å².